The van der Waals surface area contributed by atoms with Crippen molar-refractivity contribution in [3.05, 3.63) is 0 Å². The molecule has 29 heteroatoms. The monoisotopic (exact) mass is 2060 g/mol. The molecule has 2 aliphatic heterocycles. The zero-order valence-electron chi connectivity index (χ0n) is 102. The molecule has 144 heavy (non-hydrogen) atoms. The number of aliphatic hydroxyl groups is 5. The van der Waals surface area contributed by atoms with Gasteiger partial charge in [0.05, 0.1) is 45.2 Å². The third kappa shape index (κ3) is 58.7. The number of ether oxygens (including phenoxy) is 1. The normalized spacial score (nSPS) is 17.7. The summed E-state index contributed by atoms with van der Waals surface area (Å²) in [7, 11) is 4.15. The lowest BCUT2D eigenvalue weighted by Gasteiger charge is -2.45. The summed E-state index contributed by atoms with van der Waals surface area (Å²) < 4.78 is 5.38. The average Bonchev–Trinajstić information content (AvgIpc) is 1.21. The van der Waals surface area contributed by atoms with Crippen LogP contribution in [-0.4, -0.2) is 400 Å². The van der Waals surface area contributed by atoms with E-state index in [1.165, 1.54) is 19.3 Å². The minimum absolute atomic E-state index is 0. The molecule has 29 nitrogen and oxygen atoms in total. The predicted octanol–water partition coefficient (Wildman–Crippen LogP) is 17.9. The highest BCUT2D eigenvalue weighted by molar-refractivity contribution is 5.85. The smallest absolute Gasteiger partial charge is 0.303 e. The molecule has 0 spiro atoms. The Kier molecular flexibility index (Phi) is 68.3. The number of aliphatic hydroxyl groups excluding tert-OH is 5. The minimum atomic E-state index is -0.815. The first-order valence-corrected chi connectivity index (χ1v) is 54.1. The van der Waals surface area contributed by atoms with Crippen molar-refractivity contribution in [1.82, 2.24) is 69.0 Å². The fourth-order valence-corrected chi connectivity index (χ4v) is 17.4. The molecule has 6 atom stereocenters. The first-order chi connectivity index (χ1) is 63.8. The molecule has 3 fully saturated rings. The molecule has 0 radical (unpaired) electrons. The van der Waals surface area contributed by atoms with E-state index in [0.29, 0.717) is 103 Å². The van der Waals surface area contributed by atoms with Gasteiger partial charge in [0.15, 0.2) is 0 Å². The molecule has 1 aliphatic carbocycles. The van der Waals surface area contributed by atoms with E-state index in [0.717, 1.165) is 71.9 Å². The van der Waals surface area contributed by atoms with E-state index in [4.69, 9.17) is 25.2 Å². The largest absolute Gasteiger partial charge is 0.481 e. The highest BCUT2D eigenvalue weighted by atomic mass is 16.5. The quantitative estimate of drug-likeness (QED) is 0.0284. The Morgan fingerprint density at radius 3 is 1.03 bits per heavy atom. The summed E-state index contributed by atoms with van der Waals surface area (Å²) in [6, 6.07) is 2.14. The van der Waals surface area contributed by atoms with Gasteiger partial charge in [-0.15, -0.1) is 0 Å². The Morgan fingerprint density at radius 2 is 0.715 bits per heavy atom. The van der Waals surface area contributed by atoms with Gasteiger partial charge in [-0.1, -0.05) is 167 Å². The molecule has 3 aliphatic rings. The van der Waals surface area contributed by atoms with Crippen molar-refractivity contribution in [3.8, 4) is 0 Å². The average molecular weight is 2060 g/mol. The number of hydrogen-bond acceptors (Lipinski definition) is 21. The molecule has 1 saturated carbocycles. The number of nitrogens with zero attached hydrogens (tertiary/aromatic N) is 13. The summed E-state index contributed by atoms with van der Waals surface area (Å²) in [5, 5.41) is 59.0. The Morgan fingerprint density at radius 1 is 0.368 bits per heavy atom. The molecule has 0 aromatic heterocycles. The maximum Gasteiger partial charge on any atom is 0.303 e. The molecule has 2 saturated heterocycles. The SMILES string of the molecule is C.C.CC(C)(C)C(=O)N(CCO)CCN(CCO)C(C)(C)C.CC(C)(C)C(=O)N(CCOCCO)CC1CCCN1C(C)(C)C.CC(C)N(CC1CCCN1C(C)(C)C)C(=O)C(C)(C)C.CC(C)N(CCN(C(C)C)C(C)(C)C)C(=O)C(C)(C)C.CC(C)N(CCN(C)C(C)(C)C)C(=O)C(C)(C)C.CCNC1CC(O)C(O)CC1N(CC)C(=O)C(C)(C)C.CN(CCN(CCCC(=O)O)C(=O)C(C)(C)C)C(C)(C)C. The number of nitrogens with one attached hydrogen (secondary N) is 1. The number of β-amino-alcohol motifs (C(OH)–C–C–N with tert-alkyl or cyclic N) is 1. The summed E-state index contributed by atoms with van der Waals surface area (Å²) in [6.45, 7) is 116. The predicted molar refractivity (Wildman–Crippen MR) is 605 cm³/mol. The van der Waals surface area contributed by atoms with E-state index in [-0.39, 0.29) is 168 Å². The summed E-state index contributed by atoms with van der Waals surface area (Å²) in [5.41, 5.74) is -2.03. The molecule has 3 rings (SSSR count). The van der Waals surface area contributed by atoms with Gasteiger partial charge in [0.2, 0.25) is 41.4 Å². The highest BCUT2D eigenvalue weighted by Crippen LogP contribution is 2.34. The van der Waals surface area contributed by atoms with Crippen LogP contribution in [0.3, 0.4) is 0 Å². The van der Waals surface area contributed by atoms with Gasteiger partial charge >= 0.3 is 5.97 Å². The van der Waals surface area contributed by atoms with Gasteiger partial charge in [0.25, 0.3) is 0 Å². The number of hydrogen-bond donors (Lipinski definition) is 7. The highest BCUT2D eigenvalue weighted by Gasteiger charge is 2.44. The molecule has 6 unspecified atom stereocenters. The van der Waals surface area contributed by atoms with Crippen molar-refractivity contribution in [2.75, 3.05) is 165 Å². The lowest BCUT2D eigenvalue weighted by Crippen LogP contribution is -2.60. The number of carbonyl (C=O) groups excluding carboxylic acids is 7. The van der Waals surface area contributed by atoms with Crippen LogP contribution in [0.15, 0.2) is 0 Å². The van der Waals surface area contributed by atoms with E-state index >= 15 is 0 Å². The van der Waals surface area contributed by atoms with E-state index in [2.05, 4.69) is 227 Å². The van der Waals surface area contributed by atoms with Crippen molar-refractivity contribution in [2.24, 2.45) is 37.9 Å². The Labute approximate surface area is 887 Å². The second kappa shape index (κ2) is 65.6. The number of rotatable bonds is 37. The summed E-state index contributed by atoms with van der Waals surface area (Å²) >= 11 is 0. The number of likely N-dealkylation sites (N-methyl/N-ethyl adjacent to an activating group) is 4. The van der Waals surface area contributed by atoms with Crippen LogP contribution >= 0.6 is 0 Å². The van der Waals surface area contributed by atoms with Gasteiger partial charge in [0.1, 0.15) is 0 Å². The van der Waals surface area contributed by atoms with Gasteiger partial charge in [-0.25, -0.2) is 0 Å². The van der Waals surface area contributed by atoms with Crippen molar-refractivity contribution in [2.45, 2.75) is 499 Å². The zero-order valence-corrected chi connectivity index (χ0v) is 102. The lowest BCUT2D eigenvalue weighted by molar-refractivity contribution is -0.146. The fourth-order valence-electron chi connectivity index (χ4n) is 17.4. The van der Waals surface area contributed by atoms with Crippen LogP contribution in [0, 0.1) is 37.9 Å². The molecule has 7 N–H and O–H groups in total. The van der Waals surface area contributed by atoms with Crippen LogP contribution in [0.25, 0.3) is 0 Å². The van der Waals surface area contributed by atoms with Crippen LogP contribution in [0.1, 0.15) is 405 Å². The van der Waals surface area contributed by atoms with Crippen LogP contribution in [0.5, 0.6) is 0 Å². The lowest BCUT2D eigenvalue weighted by atomic mass is 9.83. The Balaban J connectivity index is -0.000000385. The van der Waals surface area contributed by atoms with Crippen LogP contribution in [-0.2, 0) is 43.1 Å². The Bertz CT molecular complexity index is 3530. The molecule has 2 heterocycles. The zero-order chi connectivity index (χ0) is 113. The van der Waals surface area contributed by atoms with Crippen LogP contribution in [0.4, 0.5) is 0 Å². The maximum atomic E-state index is 12.8. The van der Waals surface area contributed by atoms with Gasteiger partial charge in [-0.3, -0.25) is 67.8 Å². The van der Waals surface area contributed by atoms with E-state index in [1.807, 2.05) is 186 Å². The molecule has 0 bridgehead atoms. The number of carbonyl (C=O) groups is 8. The summed E-state index contributed by atoms with van der Waals surface area (Å²) in [4.78, 5) is 126. The third-order valence-electron chi connectivity index (χ3n) is 26.3. The molecule has 0 aromatic carbocycles. The third-order valence-corrected chi connectivity index (χ3v) is 26.3. The van der Waals surface area contributed by atoms with Gasteiger partial charge in [0, 0.05) is 224 Å². The van der Waals surface area contributed by atoms with Crippen LogP contribution in [0.2, 0.25) is 0 Å². The van der Waals surface area contributed by atoms with Crippen molar-refractivity contribution in [1.29, 1.82) is 0 Å². The second-order valence-electron chi connectivity index (χ2n) is 54.2. The van der Waals surface area contributed by atoms with Crippen molar-refractivity contribution < 1.29 is 73.7 Å². The molecular formula is C115H240N14O15. The summed E-state index contributed by atoms with van der Waals surface area (Å²) in [5.74, 6) is 0.324. The van der Waals surface area contributed by atoms with E-state index in [9.17, 15) is 48.6 Å². The molecule has 0 aromatic rings. The molecule has 7 amide bonds. The Hall–Kier alpha value is -4.76. The van der Waals surface area contributed by atoms with E-state index in [1.54, 1.807) is 9.80 Å². The first-order valence-electron chi connectivity index (χ1n) is 54.1. The number of carboxylic acid groups (broad SMARTS) is 1. The second-order valence-corrected chi connectivity index (χ2v) is 54.2. The minimum Gasteiger partial charge on any atom is -0.481 e. The molecule has 860 valence electrons. The fraction of sp³-hybridized carbons (Fsp3) is 0.930. The number of aliphatic carboxylic acids is 1. The van der Waals surface area contributed by atoms with E-state index < -0.39 is 34.4 Å². The van der Waals surface area contributed by atoms with Crippen molar-refractivity contribution in [3.63, 3.8) is 0 Å². The summed E-state index contributed by atoms with van der Waals surface area (Å²) in [6.07, 6.45) is 4.83. The van der Waals surface area contributed by atoms with Crippen LogP contribution < -0.4 is 5.32 Å². The molecular weight excluding hydrogens is 1820 g/mol. The topological polar surface area (TPSA) is 321 Å². The number of carboxylic acids is 1. The van der Waals surface area contributed by atoms with Gasteiger partial charge in [-0.05, 0) is 266 Å². The number of amides is 7. The van der Waals surface area contributed by atoms with Crippen molar-refractivity contribution >= 4 is 47.3 Å². The first kappa shape index (κ1) is 150. The maximum absolute atomic E-state index is 12.8. The standard InChI is InChI=1S/C18H36N2O3.C17H34N2O.C17H36N2O.C16H32N2O3.C15H30N2O3.C15H32N2O3.C15H32N2O.2CH4/c1-17(2,3)16(22)19(10-12-23-13-11-21)14-15-8-7-9-20(15)18(4,5)6;1-13(2)18(15(20)16(3,4)5)12-14-10-9-11-19(14)17(6,7)8;1-13(2)18(15(20)16(5,6)7)11-12-19(14(3)4)17(8,9)10;1-15(2,3)14(21)18(10-8-9-13(19)20)12-11-17(7)16(4,5)6;1-6-16-10-8-12(18)13(19)9-11(10)17(7-2)14(20)15(3,4)5;1-14(2,3)13(20)16(9-11-18)7-8-17(10-12-19)15(4,5)6;1-12(2)17(13(18)14(3,4)5)11-10-16(9)15(6,7)8;;/h15,21H,7-14H2,1-6H3;13-14H,9-12H2,1-8H3;13-14H,11-12H2,1-10H3;8-12H2,1-7H3,(H,19,20);10-13,16,18-19H,6-9H2,1-5H3;18-19H,7-12H2,1-6H3;12H,10-11H2,1-9H3;2*1H4. The van der Waals surface area contributed by atoms with Gasteiger partial charge < -0.3 is 75.0 Å². The number of likely N-dealkylation sites (tertiary alicyclic amines) is 2. The van der Waals surface area contributed by atoms with Gasteiger partial charge in [-0.2, -0.15) is 0 Å².